The Labute approximate surface area is 146 Å². The van der Waals surface area contributed by atoms with E-state index in [0.717, 1.165) is 11.5 Å². The summed E-state index contributed by atoms with van der Waals surface area (Å²) in [6.07, 6.45) is 2.08. The molecular formula is C18H21N3O4. The molecule has 1 aromatic carbocycles. The van der Waals surface area contributed by atoms with Gasteiger partial charge in [-0.15, -0.1) is 0 Å². The van der Waals surface area contributed by atoms with E-state index in [-0.39, 0.29) is 18.6 Å². The van der Waals surface area contributed by atoms with Crippen LogP contribution in [-0.4, -0.2) is 48.4 Å². The average Bonchev–Trinajstić information content (AvgIpc) is 2.66. The molecule has 132 valence electrons. The van der Waals surface area contributed by atoms with Gasteiger partial charge in [0, 0.05) is 25.7 Å². The molecule has 0 saturated carbocycles. The number of rotatable bonds is 7. The largest absolute Gasteiger partial charge is 0.486 e. The highest BCUT2D eigenvalue weighted by atomic mass is 16.6. The Bertz CT molecular complexity index is 706. The van der Waals surface area contributed by atoms with Crippen molar-refractivity contribution in [3.8, 4) is 11.5 Å². The predicted molar refractivity (Wildman–Crippen MR) is 93.1 cm³/mol. The van der Waals surface area contributed by atoms with E-state index in [2.05, 4.69) is 15.6 Å². The molecule has 7 heteroatoms. The van der Waals surface area contributed by atoms with Gasteiger partial charge in [-0.3, -0.25) is 4.79 Å². The van der Waals surface area contributed by atoms with Gasteiger partial charge in [0.05, 0.1) is 12.2 Å². The average molecular weight is 343 g/mol. The molecule has 7 nitrogen and oxygen atoms in total. The molecule has 2 aromatic rings. The quantitative estimate of drug-likeness (QED) is 0.705. The number of hydrogen-bond acceptors (Lipinski definition) is 6. The summed E-state index contributed by atoms with van der Waals surface area (Å²) in [5.41, 5.74) is 0.487. The van der Waals surface area contributed by atoms with Gasteiger partial charge in [0.2, 0.25) is 0 Å². The number of amides is 1. The number of carbonyl (C=O) groups excluding carboxylic acids is 1. The lowest BCUT2D eigenvalue weighted by molar-refractivity contribution is 0.0812. The first kappa shape index (κ1) is 17.0. The summed E-state index contributed by atoms with van der Waals surface area (Å²) < 4.78 is 11.5. The maximum Gasteiger partial charge on any atom is 0.252 e. The standard InChI is InChI=1S/C18H21N3O4/c22-10-9-19-17-6-5-13(11-21-17)18(23)20-8-7-14-12-24-15-3-1-2-4-16(15)25-14/h1-6,11,14,22H,7-10,12H2,(H,19,21)(H,20,23)/t14-/m0/s1. The zero-order valence-corrected chi connectivity index (χ0v) is 13.8. The third kappa shape index (κ3) is 4.60. The molecule has 0 unspecified atom stereocenters. The number of nitrogens with one attached hydrogen (secondary N) is 2. The van der Waals surface area contributed by atoms with Crippen LogP contribution in [0.1, 0.15) is 16.8 Å². The topological polar surface area (TPSA) is 92.7 Å². The summed E-state index contributed by atoms with van der Waals surface area (Å²) in [6, 6.07) is 11.0. The number of aliphatic hydroxyl groups excluding tert-OH is 1. The molecule has 0 bridgehead atoms. The van der Waals surface area contributed by atoms with Crippen LogP contribution in [0, 0.1) is 0 Å². The summed E-state index contributed by atoms with van der Waals surface area (Å²) in [5.74, 6) is 1.93. The first-order chi connectivity index (χ1) is 12.3. The van der Waals surface area contributed by atoms with Crippen molar-refractivity contribution in [2.45, 2.75) is 12.5 Å². The lowest BCUT2D eigenvalue weighted by Gasteiger charge is -2.26. The monoisotopic (exact) mass is 343 g/mol. The number of carbonyl (C=O) groups is 1. The lowest BCUT2D eigenvalue weighted by atomic mass is 10.2. The zero-order chi connectivity index (χ0) is 17.5. The number of ether oxygens (including phenoxy) is 2. The molecule has 1 atom stereocenters. The highest BCUT2D eigenvalue weighted by Gasteiger charge is 2.20. The molecule has 0 saturated heterocycles. The highest BCUT2D eigenvalue weighted by molar-refractivity contribution is 5.94. The fraction of sp³-hybridized carbons (Fsp3) is 0.333. The summed E-state index contributed by atoms with van der Waals surface area (Å²) >= 11 is 0. The number of aliphatic hydroxyl groups is 1. The molecule has 0 aliphatic carbocycles. The van der Waals surface area contributed by atoms with Crippen LogP contribution in [0.15, 0.2) is 42.6 Å². The summed E-state index contributed by atoms with van der Waals surface area (Å²) in [6.45, 7) is 1.41. The highest BCUT2D eigenvalue weighted by Crippen LogP contribution is 2.31. The van der Waals surface area contributed by atoms with Crippen molar-refractivity contribution in [1.82, 2.24) is 10.3 Å². The Hall–Kier alpha value is -2.80. The van der Waals surface area contributed by atoms with Crippen LogP contribution in [0.3, 0.4) is 0 Å². The number of fused-ring (bicyclic) bond motifs is 1. The second-order valence-corrected chi connectivity index (χ2v) is 5.62. The van der Waals surface area contributed by atoms with Crippen LogP contribution in [0.25, 0.3) is 0 Å². The number of anilines is 1. The number of benzene rings is 1. The number of pyridine rings is 1. The van der Waals surface area contributed by atoms with Gasteiger partial charge < -0.3 is 25.2 Å². The van der Waals surface area contributed by atoms with Crippen LogP contribution in [0.5, 0.6) is 11.5 Å². The van der Waals surface area contributed by atoms with Gasteiger partial charge in [0.1, 0.15) is 18.5 Å². The Morgan fingerprint density at radius 3 is 2.80 bits per heavy atom. The summed E-state index contributed by atoms with van der Waals surface area (Å²) in [4.78, 5) is 16.3. The molecule has 0 radical (unpaired) electrons. The van der Waals surface area contributed by atoms with Gasteiger partial charge in [-0.1, -0.05) is 12.1 Å². The van der Waals surface area contributed by atoms with Crippen molar-refractivity contribution in [3.05, 3.63) is 48.2 Å². The van der Waals surface area contributed by atoms with Crippen molar-refractivity contribution in [2.75, 3.05) is 31.6 Å². The van der Waals surface area contributed by atoms with Crippen molar-refractivity contribution in [2.24, 2.45) is 0 Å². The first-order valence-electron chi connectivity index (χ1n) is 8.24. The second-order valence-electron chi connectivity index (χ2n) is 5.62. The smallest absolute Gasteiger partial charge is 0.252 e. The summed E-state index contributed by atoms with van der Waals surface area (Å²) in [5, 5.41) is 14.5. The molecule has 3 N–H and O–H groups in total. The Morgan fingerprint density at radius 2 is 2.04 bits per heavy atom. The van der Waals surface area contributed by atoms with Gasteiger partial charge in [-0.05, 0) is 24.3 Å². The molecule has 1 amide bonds. The Morgan fingerprint density at radius 1 is 1.20 bits per heavy atom. The Balaban J connectivity index is 1.44. The van der Waals surface area contributed by atoms with Gasteiger partial charge in [0.15, 0.2) is 11.5 Å². The maximum atomic E-state index is 12.1. The molecule has 1 aliphatic rings. The van der Waals surface area contributed by atoms with E-state index in [0.29, 0.717) is 37.5 Å². The van der Waals surface area contributed by atoms with E-state index in [1.54, 1.807) is 12.1 Å². The normalized spacial score (nSPS) is 15.5. The summed E-state index contributed by atoms with van der Waals surface area (Å²) in [7, 11) is 0. The number of nitrogens with zero attached hydrogens (tertiary/aromatic N) is 1. The van der Waals surface area contributed by atoms with Gasteiger partial charge in [-0.2, -0.15) is 0 Å². The predicted octanol–water partition coefficient (Wildman–Crippen LogP) is 1.45. The van der Waals surface area contributed by atoms with Crippen LogP contribution < -0.4 is 20.1 Å². The van der Waals surface area contributed by atoms with Crippen LogP contribution in [0.2, 0.25) is 0 Å². The zero-order valence-electron chi connectivity index (χ0n) is 13.8. The molecular weight excluding hydrogens is 322 g/mol. The van der Waals surface area contributed by atoms with E-state index in [9.17, 15) is 4.79 Å². The fourth-order valence-corrected chi connectivity index (χ4v) is 2.47. The molecule has 2 heterocycles. The molecule has 0 spiro atoms. The maximum absolute atomic E-state index is 12.1. The Kier molecular flexibility index (Phi) is 5.69. The van der Waals surface area contributed by atoms with Crippen LogP contribution >= 0.6 is 0 Å². The molecule has 3 rings (SSSR count). The van der Waals surface area contributed by atoms with E-state index in [1.807, 2.05) is 24.3 Å². The van der Waals surface area contributed by atoms with E-state index in [1.165, 1.54) is 6.20 Å². The van der Waals surface area contributed by atoms with Crippen molar-refractivity contribution < 1.29 is 19.4 Å². The number of para-hydroxylation sites is 2. The molecule has 1 aromatic heterocycles. The van der Waals surface area contributed by atoms with Crippen molar-refractivity contribution in [1.29, 1.82) is 0 Å². The minimum atomic E-state index is -0.182. The lowest BCUT2D eigenvalue weighted by Crippen LogP contribution is -2.34. The third-order valence-corrected chi connectivity index (χ3v) is 3.76. The third-order valence-electron chi connectivity index (χ3n) is 3.76. The number of hydrogen-bond donors (Lipinski definition) is 3. The molecule has 25 heavy (non-hydrogen) atoms. The minimum Gasteiger partial charge on any atom is -0.486 e. The number of aromatic nitrogens is 1. The minimum absolute atomic E-state index is 0.0291. The fourth-order valence-electron chi connectivity index (χ4n) is 2.47. The molecule has 0 fully saturated rings. The van der Waals surface area contributed by atoms with Crippen molar-refractivity contribution >= 4 is 11.7 Å². The van der Waals surface area contributed by atoms with E-state index >= 15 is 0 Å². The molecule has 1 aliphatic heterocycles. The van der Waals surface area contributed by atoms with E-state index in [4.69, 9.17) is 14.6 Å². The van der Waals surface area contributed by atoms with Crippen LogP contribution in [0.4, 0.5) is 5.82 Å². The van der Waals surface area contributed by atoms with Crippen LogP contribution in [-0.2, 0) is 0 Å². The SMILES string of the molecule is O=C(NCC[C@H]1COc2ccccc2O1)c1ccc(NCCO)nc1. The second kappa shape index (κ2) is 8.34. The van der Waals surface area contributed by atoms with E-state index < -0.39 is 0 Å². The van der Waals surface area contributed by atoms with Gasteiger partial charge in [-0.25, -0.2) is 4.98 Å². The van der Waals surface area contributed by atoms with Gasteiger partial charge in [0.25, 0.3) is 5.91 Å². The van der Waals surface area contributed by atoms with Crippen molar-refractivity contribution in [3.63, 3.8) is 0 Å². The van der Waals surface area contributed by atoms with Gasteiger partial charge >= 0.3 is 0 Å². The first-order valence-corrected chi connectivity index (χ1v) is 8.24.